The molecule has 0 bridgehead atoms. The highest BCUT2D eigenvalue weighted by Gasteiger charge is 2.10. The minimum Gasteiger partial charge on any atom is -0.327 e. The summed E-state index contributed by atoms with van der Waals surface area (Å²) in [5.41, 5.74) is 8.03. The number of nitrogens with two attached hydrogens (primary N) is 1. The summed E-state index contributed by atoms with van der Waals surface area (Å²) in [5, 5.41) is 0. The summed E-state index contributed by atoms with van der Waals surface area (Å²) in [7, 11) is 0. The zero-order valence-corrected chi connectivity index (χ0v) is 13.7. The number of rotatable bonds is 5. The Morgan fingerprint density at radius 3 is 2.75 bits per heavy atom. The van der Waals surface area contributed by atoms with E-state index in [1.165, 1.54) is 16.5 Å². The van der Waals surface area contributed by atoms with E-state index in [4.69, 9.17) is 5.73 Å². The van der Waals surface area contributed by atoms with Crippen molar-refractivity contribution in [3.63, 3.8) is 0 Å². The number of aryl methyl sites for hydroxylation is 1. The minimum atomic E-state index is -0.190. The van der Waals surface area contributed by atoms with Crippen LogP contribution in [-0.4, -0.2) is 11.8 Å². The second-order valence-electron chi connectivity index (χ2n) is 4.78. The molecule has 0 fully saturated rings. The molecule has 0 radical (unpaired) electrons. The smallest absolute Gasteiger partial charge is 0.126 e. The van der Waals surface area contributed by atoms with Gasteiger partial charge in [0, 0.05) is 21.2 Å². The van der Waals surface area contributed by atoms with Crippen LogP contribution in [0.15, 0.2) is 51.8 Å². The third-order valence-electron chi connectivity index (χ3n) is 3.04. The third-order valence-corrected chi connectivity index (χ3v) is 4.89. The Morgan fingerprint density at radius 1 is 1.25 bits per heavy atom. The predicted molar refractivity (Wildman–Crippen MR) is 87.7 cm³/mol. The molecule has 0 aliphatic rings. The molecule has 2 aromatic carbocycles. The molecule has 20 heavy (non-hydrogen) atoms. The lowest BCUT2D eigenvalue weighted by Gasteiger charge is -2.13. The third kappa shape index (κ3) is 4.33. The van der Waals surface area contributed by atoms with Gasteiger partial charge in [-0.2, -0.15) is 0 Å². The van der Waals surface area contributed by atoms with E-state index in [-0.39, 0.29) is 11.9 Å². The van der Waals surface area contributed by atoms with E-state index < -0.39 is 0 Å². The van der Waals surface area contributed by atoms with E-state index in [9.17, 15) is 4.39 Å². The molecule has 4 heteroatoms. The van der Waals surface area contributed by atoms with Crippen molar-refractivity contribution in [1.82, 2.24) is 0 Å². The second-order valence-corrected chi connectivity index (χ2v) is 6.75. The van der Waals surface area contributed by atoms with Crippen molar-refractivity contribution in [1.29, 1.82) is 0 Å². The maximum absolute atomic E-state index is 13.7. The van der Waals surface area contributed by atoms with Crippen molar-refractivity contribution < 1.29 is 4.39 Å². The van der Waals surface area contributed by atoms with Crippen LogP contribution in [0.2, 0.25) is 0 Å². The highest BCUT2D eigenvalue weighted by Crippen LogP contribution is 2.23. The molecular formula is C16H17BrFNS. The standard InChI is InChI=1S/C16H17BrFNS/c1-11-4-2-3-5-16(11)20-10-14(19)9-12-8-13(17)6-7-15(12)18/h2-8,14H,9-10,19H2,1H3. The Hall–Kier alpha value is -0.840. The summed E-state index contributed by atoms with van der Waals surface area (Å²) >= 11 is 5.08. The molecule has 0 aliphatic carbocycles. The van der Waals surface area contributed by atoms with Crippen molar-refractivity contribution in [2.45, 2.75) is 24.3 Å². The van der Waals surface area contributed by atoms with Crippen LogP contribution in [0.5, 0.6) is 0 Å². The van der Waals surface area contributed by atoms with Crippen LogP contribution in [0.4, 0.5) is 4.39 Å². The fourth-order valence-electron chi connectivity index (χ4n) is 1.96. The van der Waals surface area contributed by atoms with Crippen LogP contribution < -0.4 is 5.73 Å². The van der Waals surface area contributed by atoms with E-state index in [0.717, 1.165) is 10.2 Å². The molecule has 1 atom stereocenters. The van der Waals surface area contributed by atoms with Crippen LogP contribution in [0, 0.1) is 12.7 Å². The Morgan fingerprint density at radius 2 is 2.00 bits per heavy atom. The van der Waals surface area contributed by atoms with Gasteiger partial charge in [-0.1, -0.05) is 34.1 Å². The molecule has 2 N–H and O–H groups in total. The summed E-state index contributed by atoms with van der Waals surface area (Å²) in [4.78, 5) is 1.23. The van der Waals surface area contributed by atoms with E-state index in [1.54, 1.807) is 23.9 Å². The van der Waals surface area contributed by atoms with Crippen LogP contribution >= 0.6 is 27.7 Å². The molecule has 2 rings (SSSR count). The average Bonchev–Trinajstić information content (AvgIpc) is 2.42. The normalized spacial score (nSPS) is 12.4. The monoisotopic (exact) mass is 353 g/mol. The molecule has 0 amide bonds. The molecular weight excluding hydrogens is 337 g/mol. The number of halogens is 2. The van der Waals surface area contributed by atoms with E-state index in [1.807, 2.05) is 12.1 Å². The molecule has 0 saturated carbocycles. The highest BCUT2D eigenvalue weighted by molar-refractivity contribution is 9.10. The lowest BCUT2D eigenvalue weighted by Crippen LogP contribution is -2.26. The first-order valence-corrected chi connectivity index (χ1v) is 8.22. The van der Waals surface area contributed by atoms with Gasteiger partial charge < -0.3 is 5.73 Å². The van der Waals surface area contributed by atoms with Gasteiger partial charge in [0.25, 0.3) is 0 Å². The number of hydrogen-bond acceptors (Lipinski definition) is 2. The van der Waals surface area contributed by atoms with Gasteiger partial charge in [-0.3, -0.25) is 0 Å². The molecule has 106 valence electrons. The van der Waals surface area contributed by atoms with Gasteiger partial charge >= 0.3 is 0 Å². The fourth-order valence-corrected chi connectivity index (χ4v) is 3.35. The van der Waals surface area contributed by atoms with Crippen molar-refractivity contribution in [2.24, 2.45) is 5.73 Å². The first-order valence-electron chi connectivity index (χ1n) is 6.44. The molecule has 0 spiro atoms. The zero-order chi connectivity index (χ0) is 14.5. The Bertz CT molecular complexity index is 588. The first kappa shape index (κ1) is 15.5. The summed E-state index contributed by atoms with van der Waals surface area (Å²) in [6, 6.07) is 13.1. The van der Waals surface area contributed by atoms with Gasteiger partial charge in [-0.05, 0) is 48.7 Å². The van der Waals surface area contributed by atoms with Gasteiger partial charge in [0.2, 0.25) is 0 Å². The van der Waals surface area contributed by atoms with Gasteiger partial charge in [0.05, 0.1) is 0 Å². The van der Waals surface area contributed by atoms with Crippen molar-refractivity contribution >= 4 is 27.7 Å². The average molecular weight is 354 g/mol. The molecule has 1 unspecified atom stereocenters. The van der Waals surface area contributed by atoms with Crippen LogP contribution in [0.25, 0.3) is 0 Å². The molecule has 0 heterocycles. The zero-order valence-electron chi connectivity index (χ0n) is 11.3. The number of benzene rings is 2. The number of hydrogen-bond donors (Lipinski definition) is 1. The minimum absolute atomic E-state index is 0.0663. The molecule has 0 aliphatic heterocycles. The highest BCUT2D eigenvalue weighted by atomic mass is 79.9. The molecule has 0 aromatic heterocycles. The molecule has 1 nitrogen and oxygen atoms in total. The van der Waals surface area contributed by atoms with Crippen molar-refractivity contribution in [3.05, 3.63) is 63.9 Å². The second kappa shape index (κ2) is 7.25. The SMILES string of the molecule is Cc1ccccc1SCC(N)Cc1cc(Br)ccc1F. The van der Waals surface area contributed by atoms with E-state index in [2.05, 4.69) is 35.0 Å². The first-order chi connectivity index (χ1) is 9.56. The predicted octanol–water partition coefficient (Wildman–Crippen LogP) is 4.56. The van der Waals surface area contributed by atoms with E-state index >= 15 is 0 Å². The van der Waals surface area contributed by atoms with E-state index in [0.29, 0.717) is 12.0 Å². The quantitative estimate of drug-likeness (QED) is 0.797. The van der Waals surface area contributed by atoms with Gasteiger partial charge in [-0.25, -0.2) is 4.39 Å². The maximum atomic E-state index is 13.7. The summed E-state index contributed by atoms with van der Waals surface area (Å²) in [6.45, 7) is 2.09. The summed E-state index contributed by atoms with van der Waals surface area (Å²) in [6.07, 6.45) is 0.546. The Labute approximate surface area is 131 Å². The molecule has 0 saturated heterocycles. The van der Waals surface area contributed by atoms with Crippen LogP contribution in [0.3, 0.4) is 0 Å². The maximum Gasteiger partial charge on any atom is 0.126 e. The van der Waals surface area contributed by atoms with Crippen molar-refractivity contribution in [2.75, 3.05) is 5.75 Å². The molecule has 2 aromatic rings. The van der Waals surface area contributed by atoms with Gasteiger partial charge in [-0.15, -0.1) is 11.8 Å². The Kier molecular flexibility index (Phi) is 5.64. The van der Waals surface area contributed by atoms with Crippen LogP contribution in [-0.2, 0) is 6.42 Å². The summed E-state index contributed by atoms with van der Waals surface area (Å²) < 4.78 is 14.6. The largest absolute Gasteiger partial charge is 0.327 e. The number of thioether (sulfide) groups is 1. The fraction of sp³-hybridized carbons (Fsp3) is 0.250. The lowest BCUT2D eigenvalue weighted by atomic mass is 10.1. The van der Waals surface area contributed by atoms with Crippen molar-refractivity contribution in [3.8, 4) is 0 Å². The van der Waals surface area contributed by atoms with Crippen LogP contribution in [0.1, 0.15) is 11.1 Å². The lowest BCUT2D eigenvalue weighted by molar-refractivity contribution is 0.597. The Balaban J connectivity index is 1.94. The summed E-state index contributed by atoms with van der Waals surface area (Å²) in [5.74, 6) is 0.584. The topological polar surface area (TPSA) is 26.0 Å². The van der Waals surface area contributed by atoms with Gasteiger partial charge in [0.15, 0.2) is 0 Å². The van der Waals surface area contributed by atoms with Gasteiger partial charge in [0.1, 0.15) is 5.82 Å².